The molecule has 0 bridgehead atoms. The van der Waals surface area contributed by atoms with Crippen LogP contribution in [0.5, 0.6) is 5.75 Å². The molecule has 1 aromatic heterocycles. The largest absolute Gasteiger partial charge is 0.492 e. The summed E-state index contributed by atoms with van der Waals surface area (Å²) in [5.74, 6) is -0.885. The maximum atomic E-state index is 11.8. The first kappa shape index (κ1) is 14.5. The van der Waals surface area contributed by atoms with Gasteiger partial charge in [-0.2, -0.15) is 0 Å². The van der Waals surface area contributed by atoms with Gasteiger partial charge in [0.1, 0.15) is 23.7 Å². The van der Waals surface area contributed by atoms with Gasteiger partial charge in [0.05, 0.1) is 6.54 Å². The second-order valence-corrected chi connectivity index (χ2v) is 4.13. The van der Waals surface area contributed by atoms with Crippen LogP contribution in [0, 0.1) is 0 Å². The van der Waals surface area contributed by atoms with E-state index < -0.39 is 11.9 Å². The Labute approximate surface area is 121 Å². The number of benzene rings is 1. The highest BCUT2D eigenvalue weighted by Crippen LogP contribution is 2.07. The lowest BCUT2D eigenvalue weighted by Gasteiger charge is -2.07. The number of carbonyl (C=O) groups is 2. The molecule has 1 heterocycles. The summed E-state index contributed by atoms with van der Waals surface area (Å²) >= 11 is 0. The molecule has 2 N–H and O–H groups in total. The van der Waals surface area contributed by atoms with Crippen LogP contribution in [0.2, 0.25) is 0 Å². The fourth-order valence-corrected chi connectivity index (χ4v) is 1.62. The lowest BCUT2D eigenvalue weighted by Crippen LogP contribution is -2.29. The Morgan fingerprint density at radius 2 is 1.76 bits per heavy atom. The minimum absolute atomic E-state index is 0.0645. The molecule has 0 spiro atoms. The normalized spacial score (nSPS) is 9.90. The summed E-state index contributed by atoms with van der Waals surface area (Å²) in [4.78, 5) is 26.3. The number of carboxylic acid groups (broad SMARTS) is 1. The van der Waals surface area contributed by atoms with Gasteiger partial charge in [0.25, 0.3) is 5.91 Å². The Hall–Kier alpha value is -2.89. The third-order valence-electron chi connectivity index (χ3n) is 2.60. The van der Waals surface area contributed by atoms with E-state index in [1.807, 2.05) is 30.3 Å². The minimum Gasteiger partial charge on any atom is -0.492 e. The number of para-hydroxylation sites is 1. The summed E-state index contributed by atoms with van der Waals surface area (Å²) in [5.41, 5.74) is -0.0993. The van der Waals surface area contributed by atoms with Gasteiger partial charge in [-0.15, -0.1) is 0 Å². The van der Waals surface area contributed by atoms with E-state index in [9.17, 15) is 9.59 Å². The number of ether oxygens (including phenoxy) is 1. The summed E-state index contributed by atoms with van der Waals surface area (Å²) in [5, 5.41) is 11.4. The molecule has 108 valence electrons. The van der Waals surface area contributed by atoms with Crippen molar-refractivity contribution in [1.82, 2.24) is 10.3 Å². The first-order valence-electron chi connectivity index (χ1n) is 6.33. The molecule has 0 aliphatic carbocycles. The first-order valence-corrected chi connectivity index (χ1v) is 6.33. The zero-order valence-corrected chi connectivity index (χ0v) is 11.2. The van der Waals surface area contributed by atoms with E-state index in [-0.39, 0.29) is 11.4 Å². The van der Waals surface area contributed by atoms with Gasteiger partial charge in [-0.1, -0.05) is 24.3 Å². The highest BCUT2D eigenvalue weighted by molar-refractivity contribution is 5.94. The van der Waals surface area contributed by atoms with Gasteiger partial charge < -0.3 is 15.2 Å². The molecule has 0 saturated carbocycles. The molecule has 1 amide bonds. The minimum atomic E-state index is -1.17. The van der Waals surface area contributed by atoms with E-state index in [1.165, 1.54) is 18.2 Å². The van der Waals surface area contributed by atoms with Crippen LogP contribution in [-0.4, -0.2) is 35.1 Å². The van der Waals surface area contributed by atoms with Crippen molar-refractivity contribution in [1.29, 1.82) is 0 Å². The Balaban J connectivity index is 1.82. The predicted octanol–water partition coefficient (Wildman–Crippen LogP) is 1.59. The molecule has 0 aliphatic rings. The number of nitrogens with one attached hydrogen (secondary N) is 1. The maximum absolute atomic E-state index is 11.8. The number of rotatable bonds is 6. The van der Waals surface area contributed by atoms with E-state index >= 15 is 0 Å². The number of pyridine rings is 1. The van der Waals surface area contributed by atoms with E-state index in [1.54, 1.807) is 0 Å². The van der Waals surface area contributed by atoms with Gasteiger partial charge in [-0.3, -0.25) is 4.79 Å². The number of amides is 1. The third kappa shape index (κ3) is 4.31. The molecule has 2 aromatic rings. The first-order chi connectivity index (χ1) is 10.2. The zero-order valence-electron chi connectivity index (χ0n) is 11.2. The lowest BCUT2D eigenvalue weighted by molar-refractivity contribution is 0.0690. The van der Waals surface area contributed by atoms with E-state index in [0.717, 1.165) is 5.75 Å². The summed E-state index contributed by atoms with van der Waals surface area (Å²) in [6.07, 6.45) is 0. The average Bonchev–Trinajstić information content (AvgIpc) is 2.52. The van der Waals surface area contributed by atoms with E-state index in [2.05, 4.69) is 10.3 Å². The average molecular weight is 286 g/mol. The second kappa shape index (κ2) is 7.04. The van der Waals surface area contributed by atoms with Crippen molar-refractivity contribution in [3.05, 3.63) is 59.9 Å². The van der Waals surface area contributed by atoms with Gasteiger partial charge >= 0.3 is 5.97 Å². The number of aromatic carboxylic acids is 1. The van der Waals surface area contributed by atoms with Crippen LogP contribution in [0.3, 0.4) is 0 Å². The molecule has 6 heteroatoms. The number of nitrogens with zero attached hydrogens (tertiary/aromatic N) is 1. The Bertz CT molecular complexity index is 629. The highest BCUT2D eigenvalue weighted by Gasteiger charge is 2.10. The van der Waals surface area contributed by atoms with E-state index in [0.29, 0.717) is 13.2 Å². The van der Waals surface area contributed by atoms with Crippen molar-refractivity contribution >= 4 is 11.9 Å². The fraction of sp³-hybridized carbons (Fsp3) is 0.133. The van der Waals surface area contributed by atoms with Gasteiger partial charge in [0, 0.05) is 0 Å². The molecule has 0 fully saturated rings. The quantitative estimate of drug-likeness (QED) is 0.787. The number of aromatic nitrogens is 1. The molecular weight excluding hydrogens is 272 g/mol. The molecule has 0 radical (unpaired) electrons. The molecule has 1 aromatic carbocycles. The molecule has 0 unspecified atom stereocenters. The van der Waals surface area contributed by atoms with Gasteiger partial charge in [-0.25, -0.2) is 9.78 Å². The van der Waals surface area contributed by atoms with Crippen molar-refractivity contribution in [2.75, 3.05) is 13.2 Å². The summed E-state index contributed by atoms with van der Waals surface area (Å²) in [6.45, 7) is 0.612. The highest BCUT2D eigenvalue weighted by atomic mass is 16.5. The van der Waals surface area contributed by atoms with Crippen LogP contribution in [0.1, 0.15) is 21.0 Å². The fourth-order valence-electron chi connectivity index (χ4n) is 1.62. The van der Waals surface area contributed by atoms with Crippen molar-refractivity contribution in [3.8, 4) is 5.75 Å². The van der Waals surface area contributed by atoms with Crippen molar-refractivity contribution in [3.63, 3.8) is 0 Å². The van der Waals surface area contributed by atoms with E-state index in [4.69, 9.17) is 9.84 Å². The van der Waals surface area contributed by atoms with Gasteiger partial charge in [-0.05, 0) is 24.3 Å². The van der Waals surface area contributed by atoms with Crippen LogP contribution in [0.15, 0.2) is 48.5 Å². The number of carbonyl (C=O) groups excluding carboxylic acids is 1. The smallest absolute Gasteiger partial charge is 0.354 e. The number of hydrogen-bond donors (Lipinski definition) is 2. The zero-order chi connectivity index (χ0) is 15.1. The Morgan fingerprint density at radius 1 is 1.05 bits per heavy atom. The van der Waals surface area contributed by atoms with Crippen molar-refractivity contribution < 1.29 is 19.4 Å². The molecule has 21 heavy (non-hydrogen) atoms. The third-order valence-corrected chi connectivity index (χ3v) is 2.60. The maximum Gasteiger partial charge on any atom is 0.354 e. The summed E-state index contributed by atoms with van der Waals surface area (Å²) < 4.78 is 5.42. The molecule has 0 aliphatic heterocycles. The molecule has 0 saturated heterocycles. The number of hydrogen-bond acceptors (Lipinski definition) is 4. The van der Waals surface area contributed by atoms with Crippen molar-refractivity contribution in [2.45, 2.75) is 0 Å². The SMILES string of the molecule is O=C(O)c1cccc(C(=O)NCCOc2ccccc2)n1. The molecule has 2 rings (SSSR count). The Kier molecular flexibility index (Phi) is 4.87. The summed E-state index contributed by atoms with van der Waals surface area (Å²) in [6, 6.07) is 13.5. The standard InChI is InChI=1S/C15H14N2O4/c18-14(12-7-4-8-13(17-12)15(19)20)16-9-10-21-11-5-2-1-3-6-11/h1-8H,9-10H2,(H,16,18)(H,19,20). The van der Waals surface area contributed by atoms with Crippen LogP contribution < -0.4 is 10.1 Å². The van der Waals surface area contributed by atoms with Crippen LogP contribution in [0.25, 0.3) is 0 Å². The summed E-state index contributed by atoms with van der Waals surface area (Å²) in [7, 11) is 0. The Morgan fingerprint density at radius 3 is 2.48 bits per heavy atom. The lowest BCUT2D eigenvalue weighted by atomic mass is 10.3. The van der Waals surface area contributed by atoms with Crippen LogP contribution in [0.4, 0.5) is 0 Å². The van der Waals surface area contributed by atoms with Crippen LogP contribution in [-0.2, 0) is 0 Å². The van der Waals surface area contributed by atoms with Gasteiger partial charge in [0.15, 0.2) is 0 Å². The molecular formula is C15H14N2O4. The molecule has 0 atom stereocenters. The second-order valence-electron chi connectivity index (χ2n) is 4.13. The molecule has 6 nitrogen and oxygen atoms in total. The predicted molar refractivity (Wildman–Crippen MR) is 75.5 cm³/mol. The van der Waals surface area contributed by atoms with Gasteiger partial charge in [0.2, 0.25) is 0 Å². The van der Waals surface area contributed by atoms with Crippen molar-refractivity contribution in [2.24, 2.45) is 0 Å². The monoisotopic (exact) mass is 286 g/mol. The van der Waals surface area contributed by atoms with Crippen LogP contribution >= 0.6 is 0 Å². The topological polar surface area (TPSA) is 88.5 Å². The number of carboxylic acids is 1.